The van der Waals surface area contributed by atoms with Gasteiger partial charge in [0.15, 0.2) is 0 Å². The van der Waals surface area contributed by atoms with Crippen LogP contribution >= 0.6 is 0 Å². The third-order valence-corrected chi connectivity index (χ3v) is 32.8. The number of carbonyl (C=O) groups is 9. The number of esters is 9. The SMILES string of the molecule is C.C.C.C.C.C.C.C.C.C.C.C.C.C.C.C.C.C.CCC(C)(C)C(=O)OC1(C)C2CC3CC(C2)CC1C3.CCC(C)(C)C(=O)OC1(C)C2CC3CC(C2)CC1C3.CCC(C)(C)C(=O)OC12CC3CC(CC(O)(C3)C1)C2.CCC(C)(C)C(=O)OC1C2CC3C(=O)OC1C3C2.CCC(C)(C)C(=O)OC1CC2CCC1(C)OC2=O.CCC(C)(C)C(=O)OC1CCC2CC1(C)OC2=O. The van der Waals surface area contributed by atoms with E-state index in [0.717, 1.165) is 126 Å². The molecular weight excluding hydrogens is 1630 g/mol. The van der Waals surface area contributed by atoms with Gasteiger partial charge >= 0.3 is 53.7 Å². The van der Waals surface area contributed by atoms with E-state index in [1.54, 1.807) is 0 Å². The molecule has 16 saturated carbocycles. The van der Waals surface area contributed by atoms with Crippen LogP contribution in [0, 0.1) is 121 Å². The lowest BCUT2D eigenvalue weighted by Crippen LogP contribution is -2.61. The quantitative estimate of drug-likeness (QED) is 0.0988. The zero-order valence-electron chi connectivity index (χ0n) is 72.5. The van der Waals surface area contributed by atoms with E-state index >= 15 is 0 Å². The van der Waals surface area contributed by atoms with Gasteiger partial charge in [0.25, 0.3) is 0 Å². The number of fused-ring (bicyclic) bond motifs is 6. The minimum Gasteiger partial charge on any atom is -0.459 e. The molecule has 0 aromatic rings. The summed E-state index contributed by atoms with van der Waals surface area (Å²) >= 11 is 0. The summed E-state index contributed by atoms with van der Waals surface area (Å²) in [6.07, 6.45) is 28.9. The first-order valence-corrected chi connectivity index (χ1v) is 44.2. The summed E-state index contributed by atoms with van der Waals surface area (Å²) in [4.78, 5) is 108. The van der Waals surface area contributed by atoms with E-state index < -0.39 is 38.5 Å². The Kier molecular flexibility index (Phi) is 55.0. The molecule has 0 amide bonds. The van der Waals surface area contributed by atoms with E-state index in [0.29, 0.717) is 66.6 Å². The summed E-state index contributed by atoms with van der Waals surface area (Å²) in [5.74, 6) is 6.98. The van der Waals surface area contributed by atoms with Crippen molar-refractivity contribution < 1.29 is 90.9 Å². The van der Waals surface area contributed by atoms with Crippen molar-refractivity contribution in [1.29, 1.82) is 0 Å². The van der Waals surface area contributed by atoms with Crippen LogP contribution in [0.2, 0.25) is 0 Å². The van der Waals surface area contributed by atoms with Crippen molar-refractivity contribution in [2.75, 3.05) is 0 Å². The highest BCUT2D eigenvalue weighted by Crippen LogP contribution is 2.63. The molecular formula is C110H218O19. The van der Waals surface area contributed by atoms with E-state index in [1.807, 2.05) is 125 Å². The normalized spacial score (nSPS) is 35.2. The Hall–Kier alpha value is -4.81. The summed E-state index contributed by atoms with van der Waals surface area (Å²) < 4.78 is 51.3. The number of hydrogen-bond donors (Lipinski definition) is 1. The topological polar surface area (TPSA) is 257 Å². The molecule has 0 radical (unpaired) electrons. The molecule has 1 N–H and O–H groups in total. The molecule has 18 bridgehead atoms. The van der Waals surface area contributed by atoms with Gasteiger partial charge < -0.3 is 47.7 Å². The molecule has 19 heteroatoms. The van der Waals surface area contributed by atoms with Gasteiger partial charge in [-0.05, 0) is 343 Å². The number of carbonyl (C=O) groups excluding carboxylic acids is 9. The maximum absolute atomic E-state index is 12.5. The fraction of sp³-hybridized carbons (Fsp3) is 0.918. The highest BCUT2D eigenvalue weighted by Gasteiger charge is 2.66. The van der Waals surface area contributed by atoms with Crippen LogP contribution in [0.25, 0.3) is 0 Å². The highest BCUT2D eigenvalue weighted by molar-refractivity contribution is 5.81. The second-order valence-corrected chi connectivity index (χ2v) is 43.4. The Morgan fingerprint density at radius 2 is 0.674 bits per heavy atom. The fourth-order valence-electron chi connectivity index (χ4n) is 22.9. The third-order valence-electron chi connectivity index (χ3n) is 32.8. The van der Waals surface area contributed by atoms with Crippen LogP contribution in [0.1, 0.15) is 479 Å². The monoisotopic (exact) mass is 1840 g/mol. The van der Waals surface area contributed by atoms with Gasteiger partial charge in [0.2, 0.25) is 0 Å². The van der Waals surface area contributed by atoms with Gasteiger partial charge in [-0.1, -0.05) is 175 Å². The predicted octanol–water partition coefficient (Wildman–Crippen LogP) is 29.7. The van der Waals surface area contributed by atoms with Crippen molar-refractivity contribution in [3.05, 3.63) is 0 Å². The lowest BCUT2D eigenvalue weighted by Gasteiger charge is -2.59. The van der Waals surface area contributed by atoms with Crippen molar-refractivity contribution in [3.8, 4) is 0 Å². The molecule has 20 fully saturated rings. The maximum Gasteiger partial charge on any atom is 0.312 e. The molecule has 4 saturated heterocycles. The van der Waals surface area contributed by atoms with Crippen LogP contribution in [0.3, 0.4) is 0 Å². The van der Waals surface area contributed by atoms with E-state index in [2.05, 4.69) is 27.7 Å². The average Bonchev–Trinajstić information content (AvgIpc) is 1.65. The molecule has 13 unspecified atom stereocenters. The van der Waals surface area contributed by atoms with Crippen molar-refractivity contribution in [3.63, 3.8) is 0 Å². The van der Waals surface area contributed by atoms with Crippen LogP contribution in [-0.4, -0.2) is 117 Å². The Morgan fingerprint density at radius 1 is 0.349 bits per heavy atom. The molecule has 129 heavy (non-hydrogen) atoms. The molecule has 0 aromatic heterocycles. The van der Waals surface area contributed by atoms with Crippen LogP contribution < -0.4 is 0 Å². The molecule has 4 heterocycles. The second kappa shape index (κ2) is 50.8. The van der Waals surface area contributed by atoms with Gasteiger partial charge in [-0.3, -0.25) is 43.2 Å². The molecule has 4 aliphatic heterocycles. The minimum atomic E-state index is -0.620. The Labute approximate surface area is 798 Å². The highest BCUT2D eigenvalue weighted by atomic mass is 16.6. The predicted molar refractivity (Wildman–Crippen MR) is 540 cm³/mol. The van der Waals surface area contributed by atoms with Gasteiger partial charge in [-0.2, -0.15) is 0 Å². The second-order valence-electron chi connectivity index (χ2n) is 43.4. The summed E-state index contributed by atoms with van der Waals surface area (Å²) in [5.41, 5.74) is -4.97. The van der Waals surface area contributed by atoms with E-state index in [1.165, 1.54) is 70.6 Å². The Morgan fingerprint density at radius 3 is 1.02 bits per heavy atom. The van der Waals surface area contributed by atoms with E-state index in [4.69, 9.17) is 42.6 Å². The van der Waals surface area contributed by atoms with Crippen molar-refractivity contribution in [2.45, 2.75) is 537 Å². The molecule has 19 nitrogen and oxygen atoms in total. The first-order chi connectivity index (χ1) is 51.5. The summed E-state index contributed by atoms with van der Waals surface area (Å²) in [7, 11) is 0. The number of ether oxygens (including phenoxy) is 9. The minimum absolute atomic E-state index is 0. The molecule has 0 aromatic carbocycles. The molecule has 13 atom stereocenters. The average molecular weight is 1840 g/mol. The van der Waals surface area contributed by atoms with Crippen LogP contribution in [0.4, 0.5) is 0 Å². The molecule has 20 rings (SSSR count). The van der Waals surface area contributed by atoms with Gasteiger partial charge in [0.1, 0.15) is 52.4 Å². The van der Waals surface area contributed by atoms with Gasteiger partial charge in [0, 0.05) is 31.1 Å². The number of hydrogen-bond acceptors (Lipinski definition) is 19. The van der Waals surface area contributed by atoms with Crippen molar-refractivity contribution in [2.24, 2.45) is 121 Å². The smallest absolute Gasteiger partial charge is 0.312 e. The van der Waals surface area contributed by atoms with Gasteiger partial charge in [0.05, 0.1) is 55.8 Å². The first-order valence-electron chi connectivity index (χ1n) is 44.2. The maximum atomic E-state index is 12.5. The summed E-state index contributed by atoms with van der Waals surface area (Å²) in [6.45, 7) is 43.5. The number of rotatable bonds is 18. The lowest BCUT2D eigenvalue weighted by atomic mass is 9.50. The van der Waals surface area contributed by atoms with Gasteiger partial charge in [-0.25, -0.2) is 0 Å². The van der Waals surface area contributed by atoms with Crippen LogP contribution in [0.15, 0.2) is 0 Å². The summed E-state index contributed by atoms with van der Waals surface area (Å²) in [6, 6.07) is 0. The largest absolute Gasteiger partial charge is 0.459 e. The first kappa shape index (κ1) is 140. The summed E-state index contributed by atoms with van der Waals surface area (Å²) in [5, 5.41) is 10.6. The Bertz CT molecular complexity index is 3240. The molecule has 16 aliphatic carbocycles. The van der Waals surface area contributed by atoms with E-state index in [-0.39, 0.29) is 257 Å². The zero-order valence-corrected chi connectivity index (χ0v) is 72.5. The van der Waals surface area contributed by atoms with E-state index in [9.17, 15) is 48.3 Å². The molecule has 772 valence electrons. The van der Waals surface area contributed by atoms with Crippen LogP contribution in [0.5, 0.6) is 0 Å². The standard InChI is InChI=1S/2C17H28O2.C16H26O3.C14H20O4.2C14H22O4.18CH4/c2*1-5-16(2,3)15(18)19-17(4)13-7-11-6-12(9-13)10-14(17)8-11;1-4-14(2,3)13(17)19-16-8-11-5-12(9-16)7-15(18,6-11)10-16;1-4-14(2,3)13(16)18-10-7-5-8-9(6-7)12(15)17-11(8)10;1-5-13(2,3)12(16)17-10-8-9-6-7-14(10,4)18-11(9)15;1-5-13(2,3)12(16)17-10-7-6-9-8-14(10,4)18-11(9)15;;;;;;;;;;;;;;;;;;/h2*11-14H,5-10H2,1-4H3;11-12,18H,4-10H2,1-3H3;7-11H,4-6H2,1-3H3;2*9-10H,5-8H2,1-4H3;18*1H4. The fourth-order valence-corrected chi connectivity index (χ4v) is 22.9. The molecule has 20 aliphatic rings. The van der Waals surface area contributed by atoms with Crippen molar-refractivity contribution in [1.82, 2.24) is 0 Å². The van der Waals surface area contributed by atoms with Crippen LogP contribution in [-0.2, 0) is 85.8 Å². The Balaban J connectivity index is -0.000000221. The lowest BCUT2D eigenvalue weighted by molar-refractivity contribution is -0.225. The third kappa shape index (κ3) is 28.4. The van der Waals surface area contributed by atoms with Gasteiger partial charge in [-0.15, -0.1) is 0 Å². The molecule has 0 spiro atoms. The number of aliphatic hydroxyl groups is 1. The van der Waals surface area contributed by atoms with Crippen molar-refractivity contribution >= 4 is 53.7 Å². The zero-order chi connectivity index (χ0) is 81.7.